The molecular weight excluding hydrogens is 346 g/mol. The van der Waals surface area contributed by atoms with Crippen LogP contribution in [0.25, 0.3) is 15.5 Å². The zero-order valence-electron chi connectivity index (χ0n) is 14.4. The molecule has 26 heavy (non-hydrogen) atoms. The van der Waals surface area contributed by atoms with Gasteiger partial charge >= 0.3 is 0 Å². The number of carbonyl (C=O) groups is 1. The number of rotatable bonds is 4. The van der Waals surface area contributed by atoms with E-state index in [0.717, 1.165) is 39.0 Å². The Morgan fingerprint density at radius 3 is 2.50 bits per heavy atom. The van der Waals surface area contributed by atoms with Gasteiger partial charge in [-0.15, -0.1) is 10.2 Å². The summed E-state index contributed by atoms with van der Waals surface area (Å²) in [5.74, 6) is 0.730. The van der Waals surface area contributed by atoms with E-state index < -0.39 is 0 Å². The lowest BCUT2D eigenvalue weighted by Crippen LogP contribution is -2.11. The predicted molar refractivity (Wildman–Crippen MR) is 103 cm³/mol. The van der Waals surface area contributed by atoms with Crippen molar-refractivity contribution in [2.24, 2.45) is 0 Å². The molecule has 0 radical (unpaired) electrons. The quantitative estimate of drug-likeness (QED) is 0.595. The first-order valence-corrected chi connectivity index (χ1v) is 9.15. The van der Waals surface area contributed by atoms with Gasteiger partial charge in [-0.3, -0.25) is 4.79 Å². The van der Waals surface area contributed by atoms with Crippen LogP contribution in [-0.4, -0.2) is 25.7 Å². The average molecular weight is 363 g/mol. The summed E-state index contributed by atoms with van der Waals surface area (Å²) in [4.78, 5) is 13.1. The van der Waals surface area contributed by atoms with Crippen molar-refractivity contribution in [3.63, 3.8) is 0 Å². The van der Waals surface area contributed by atoms with Crippen LogP contribution in [0.15, 0.2) is 48.5 Å². The van der Waals surface area contributed by atoms with Gasteiger partial charge in [-0.2, -0.15) is 9.61 Å². The highest BCUT2D eigenvalue weighted by Gasteiger charge is 2.12. The van der Waals surface area contributed by atoms with Crippen molar-refractivity contribution in [3.05, 3.63) is 65.5 Å². The van der Waals surface area contributed by atoms with Crippen LogP contribution in [0.4, 0.5) is 5.69 Å². The second-order valence-electron chi connectivity index (χ2n) is 5.97. The highest BCUT2D eigenvalue weighted by molar-refractivity contribution is 7.19. The summed E-state index contributed by atoms with van der Waals surface area (Å²) in [7, 11) is 0. The normalized spacial score (nSPS) is 11.0. The van der Waals surface area contributed by atoms with Crippen molar-refractivity contribution >= 4 is 27.9 Å². The molecule has 130 valence electrons. The van der Waals surface area contributed by atoms with Gasteiger partial charge in [0.15, 0.2) is 5.82 Å². The molecule has 1 N–H and O–H groups in total. The molecule has 1 amide bonds. The lowest BCUT2D eigenvalue weighted by atomic mass is 10.1. The summed E-state index contributed by atoms with van der Waals surface area (Å²) in [5, 5.41) is 16.6. The van der Waals surface area contributed by atoms with Crippen LogP contribution in [0.3, 0.4) is 0 Å². The Labute approximate surface area is 154 Å². The monoisotopic (exact) mass is 363 g/mol. The largest absolute Gasteiger partial charge is 0.322 e. The van der Waals surface area contributed by atoms with Gasteiger partial charge in [0.1, 0.15) is 5.01 Å². The smallest absolute Gasteiger partial charge is 0.255 e. The molecule has 0 atom stereocenters. The molecule has 2 aromatic carbocycles. The van der Waals surface area contributed by atoms with Crippen LogP contribution in [0.1, 0.15) is 28.7 Å². The number of nitrogens with one attached hydrogen (secondary N) is 1. The fourth-order valence-electron chi connectivity index (χ4n) is 2.60. The Kier molecular flexibility index (Phi) is 4.22. The van der Waals surface area contributed by atoms with Crippen molar-refractivity contribution in [2.75, 3.05) is 5.32 Å². The first-order chi connectivity index (χ1) is 12.6. The van der Waals surface area contributed by atoms with Crippen LogP contribution in [-0.2, 0) is 6.42 Å². The average Bonchev–Trinajstić information content (AvgIpc) is 3.23. The van der Waals surface area contributed by atoms with Gasteiger partial charge in [0.2, 0.25) is 4.96 Å². The number of nitrogens with zero attached hydrogens (tertiary/aromatic N) is 4. The van der Waals surface area contributed by atoms with Crippen LogP contribution < -0.4 is 5.32 Å². The van der Waals surface area contributed by atoms with Gasteiger partial charge in [0, 0.05) is 23.2 Å². The molecule has 6 nitrogen and oxygen atoms in total. The maximum Gasteiger partial charge on any atom is 0.255 e. The Morgan fingerprint density at radius 1 is 1.08 bits per heavy atom. The minimum absolute atomic E-state index is 0.121. The molecule has 0 saturated carbocycles. The topological polar surface area (TPSA) is 72.2 Å². The summed E-state index contributed by atoms with van der Waals surface area (Å²) in [6.07, 6.45) is 0.786. The first-order valence-electron chi connectivity index (χ1n) is 8.33. The molecular formula is C19H17N5OS. The van der Waals surface area contributed by atoms with Crippen molar-refractivity contribution < 1.29 is 4.79 Å². The van der Waals surface area contributed by atoms with Gasteiger partial charge in [0.25, 0.3) is 5.91 Å². The van der Waals surface area contributed by atoms with Crippen molar-refractivity contribution in [2.45, 2.75) is 20.3 Å². The Balaban J connectivity index is 1.53. The fraction of sp³-hybridized carbons (Fsp3) is 0.158. The number of hydrogen-bond acceptors (Lipinski definition) is 5. The number of fused-ring (bicyclic) bond motifs is 1. The highest BCUT2D eigenvalue weighted by atomic mass is 32.1. The van der Waals surface area contributed by atoms with Crippen LogP contribution >= 0.6 is 11.3 Å². The van der Waals surface area contributed by atoms with Gasteiger partial charge < -0.3 is 5.32 Å². The molecule has 0 fully saturated rings. The Morgan fingerprint density at radius 2 is 1.81 bits per heavy atom. The number of aryl methyl sites for hydroxylation is 2. The number of anilines is 1. The minimum atomic E-state index is -0.121. The molecule has 0 spiro atoms. The molecule has 0 bridgehead atoms. The molecule has 2 aromatic heterocycles. The van der Waals surface area contributed by atoms with Gasteiger partial charge in [-0.25, -0.2) is 0 Å². The lowest BCUT2D eigenvalue weighted by Gasteiger charge is -2.06. The molecule has 0 aliphatic heterocycles. The maximum absolute atomic E-state index is 12.3. The maximum atomic E-state index is 12.3. The van der Waals surface area contributed by atoms with Gasteiger partial charge in [0.05, 0.1) is 0 Å². The molecule has 4 rings (SSSR count). The summed E-state index contributed by atoms with van der Waals surface area (Å²) < 4.78 is 1.78. The Bertz CT molecular complexity index is 1060. The van der Waals surface area contributed by atoms with E-state index >= 15 is 0 Å². The third-order valence-corrected chi connectivity index (χ3v) is 5.02. The first kappa shape index (κ1) is 16.4. The van der Waals surface area contributed by atoms with E-state index in [-0.39, 0.29) is 5.91 Å². The number of benzene rings is 2. The standard InChI is InChI=1S/C19H17N5OS/c1-3-16-21-22-19-24(16)23-18(26-19)14-8-10-15(11-9-14)20-17(25)13-6-4-12(2)5-7-13/h4-11H,3H2,1-2H3,(H,20,25). The molecule has 0 aliphatic rings. The summed E-state index contributed by atoms with van der Waals surface area (Å²) >= 11 is 1.50. The zero-order chi connectivity index (χ0) is 18.1. The second kappa shape index (κ2) is 6.68. The molecule has 0 unspecified atom stereocenters. The number of hydrogen-bond donors (Lipinski definition) is 1. The molecule has 4 aromatic rings. The number of amides is 1. The SMILES string of the molecule is CCc1nnc2sc(-c3ccc(NC(=O)c4ccc(C)cc4)cc3)nn12. The van der Waals surface area contributed by atoms with Crippen LogP contribution in [0, 0.1) is 6.92 Å². The highest BCUT2D eigenvalue weighted by Crippen LogP contribution is 2.26. The van der Waals surface area contributed by atoms with E-state index in [1.54, 1.807) is 4.52 Å². The Hall–Kier alpha value is -3.06. The lowest BCUT2D eigenvalue weighted by molar-refractivity contribution is 0.102. The van der Waals surface area contributed by atoms with Crippen molar-refractivity contribution in [3.8, 4) is 10.6 Å². The third-order valence-electron chi connectivity index (χ3n) is 4.08. The van der Waals surface area contributed by atoms with E-state index in [0.29, 0.717) is 5.56 Å². The number of carbonyl (C=O) groups excluding carboxylic acids is 1. The van der Waals surface area contributed by atoms with E-state index in [9.17, 15) is 4.79 Å². The van der Waals surface area contributed by atoms with E-state index in [2.05, 4.69) is 20.6 Å². The van der Waals surface area contributed by atoms with Crippen molar-refractivity contribution in [1.29, 1.82) is 0 Å². The summed E-state index contributed by atoms with van der Waals surface area (Å²) in [5.41, 5.74) is 3.50. The van der Waals surface area contributed by atoms with Crippen molar-refractivity contribution in [1.82, 2.24) is 19.8 Å². The van der Waals surface area contributed by atoms with E-state index in [1.165, 1.54) is 11.3 Å². The van der Waals surface area contributed by atoms with Gasteiger partial charge in [-0.1, -0.05) is 36.0 Å². The summed E-state index contributed by atoms with van der Waals surface area (Å²) in [6, 6.07) is 15.2. The third kappa shape index (κ3) is 3.09. The molecule has 0 aliphatic carbocycles. The fourth-order valence-corrected chi connectivity index (χ4v) is 3.46. The molecule has 7 heteroatoms. The molecule has 0 saturated heterocycles. The minimum Gasteiger partial charge on any atom is -0.322 e. The zero-order valence-corrected chi connectivity index (χ0v) is 15.2. The van der Waals surface area contributed by atoms with E-state index in [4.69, 9.17) is 0 Å². The molecule has 2 heterocycles. The predicted octanol–water partition coefficient (Wildman–Crippen LogP) is 3.98. The van der Waals surface area contributed by atoms with Gasteiger partial charge in [-0.05, 0) is 43.3 Å². The summed E-state index contributed by atoms with van der Waals surface area (Å²) in [6.45, 7) is 4.02. The van der Waals surface area contributed by atoms with Crippen LogP contribution in [0.5, 0.6) is 0 Å². The van der Waals surface area contributed by atoms with Crippen LogP contribution in [0.2, 0.25) is 0 Å². The number of aromatic nitrogens is 4. The second-order valence-corrected chi connectivity index (χ2v) is 6.92. The van der Waals surface area contributed by atoms with E-state index in [1.807, 2.05) is 62.4 Å².